The highest BCUT2D eigenvalue weighted by atomic mass is 16.7. The number of hydrogen-bond donors (Lipinski definition) is 1. The van der Waals surface area contributed by atoms with Crippen molar-refractivity contribution in [1.29, 1.82) is 0 Å². The maximum atomic E-state index is 12.2. The lowest BCUT2D eigenvalue weighted by Gasteiger charge is -2.06. The number of anilines is 1. The topological polar surface area (TPSA) is 91.4 Å². The van der Waals surface area contributed by atoms with Gasteiger partial charge in [0.15, 0.2) is 17.3 Å². The Morgan fingerprint density at radius 3 is 2.77 bits per heavy atom. The molecule has 1 aliphatic rings. The van der Waals surface area contributed by atoms with Gasteiger partial charge in [-0.25, -0.2) is 4.68 Å². The molecule has 1 N–H and O–H groups in total. The first kappa shape index (κ1) is 17.7. The molecular formula is C22H16N4O4. The van der Waals surface area contributed by atoms with Gasteiger partial charge < -0.3 is 19.2 Å². The van der Waals surface area contributed by atoms with Gasteiger partial charge >= 0.3 is 0 Å². The molecule has 4 aromatic rings. The summed E-state index contributed by atoms with van der Waals surface area (Å²) in [6, 6.07) is 16.5. The van der Waals surface area contributed by atoms with E-state index >= 15 is 0 Å². The number of carbonyl (C=O) groups is 1. The maximum Gasteiger partial charge on any atom is 0.248 e. The van der Waals surface area contributed by atoms with Crippen LogP contribution in [-0.2, 0) is 4.79 Å². The lowest BCUT2D eigenvalue weighted by atomic mass is 10.2. The molecule has 148 valence electrons. The van der Waals surface area contributed by atoms with Crippen LogP contribution in [0.3, 0.4) is 0 Å². The zero-order chi connectivity index (χ0) is 20.3. The van der Waals surface area contributed by atoms with E-state index in [9.17, 15) is 4.79 Å². The molecule has 0 spiro atoms. The number of furan rings is 1. The summed E-state index contributed by atoms with van der Waals surface area (Å²) in [6.07, 6.45) is 6.42. The highest BCUT2D eigenvalue weighted by Gasteiger charge is 2.13. The Morgan fingerprint density at radius 1 is 1.07 bits per heavy atom. The third-order valence-corrected chi connectivity index (χ3v) is 4.53. The molecule has 2 aromatic carbocycles. The molecule has 0 aliphatic carbocycles. The normalized spacial score (nSPS) is 12.4. The molecule has 1 amide bonds. The summed E-state index contributed by atoms with van der Waals surface area (Å²) < 4.78 is 17.7. The van der Waals surface area contributed by atoms with Crippen LogP contribution in [0.4, 0.5) is 5.69 Å². The number of amides is 1. The molecule has 0 saturated carbocycles. The summed E-state index contributed by atoms with van der Waals surface area (Å²) in [7, 11) is 0. The van der Waals surface area contributed by atoms with E-state index in [-0.39, 0.29) is 12.7 Å². The predicted molar refractivity (Wildman–Crippen MR) is 109 cm³/mol. The molecular weight excluding hydrogens is 384 g/mol. The SMILES string of the molecule is O=C(/C=C/c1ccc2c(c1)OCO2)Nc1ccc(-n2nncc2-c2ccco2)cc1. The first-order valence-corrected chi connectivity index (χ1v) is 9.20. The van der Waals surface area contributed by atoms with E-state index in [4.69, 9.17) is 13.9 Å². The average Bonchev–Trinajstić information content (AvgIpc) is 3.53. The van der Waals surface area contributed by atoms with Gasteiger partial charge in [-0.3, -0.25) is 4.79 Å². The summed E-state index contributed by atoms with van der Waals surface area (Å²) in [6.45, 7) is 0.219. The molecule has 8 heteroatoms. The van der Waals surface area contributed by atoms with Crippen molar-refractivity contribution in [3.63, 3.8) is 0 Å². The number of nitrogens with zero attached hydrogens (tertiary/aromatic N) is 3. The first-order chi connectivity index (χ1) is 14.8. The highest BCUT2D eigenvalue weighted by Crippen LogP contribution is 2.32. The quantitative estimate of drug-likeness (QED) is 0.511. The van der Waals surface area contributed by atoms with Crippen molar-refractivity contribution in [3.8, 4) is 28.6 Å². The Kier molecular flexibility index (Phi) is 4.49. The number of fused-ring (bicyclic) bond motifs is 1. The molecule has 0 unspecified atom stereocenters. The average molecular weight is 400 g/mol. The lowest BCUT2D eigenvalue weighted by molar-refractivity contribution is -0.111. The van der Waals surface area contributed by atoms with Crippen molar-refractivity contribution in [2.45, 2.75) is 0 Å². The molecule has 0 fully saturated rings. The zero-order valence-electron chi connectivity index (χ0n) is 15.7. The van der Waals surface area contributed by atoms with Gasteiger partial charge in [0.25, 0.3) is 0 Å². The minimum absolute atomic E-state index is 0.219. The summed E-state index contributed by atoms with van der Waals surface area (Å²) in [5, 5.41) is 10.9. The van der Waals surface area contributed by atoms with Gasteiger partial charge in [0.1, 0.15) is 5.69 Å². The predicted octanol–water partition coefficient (Wildman–Crippen LogP) is 3.91. The number of hydrogen-bond acceptors (Lipinski definition) is 6. The van der Waals surface area contributed by atoms with E-state index in [1.165, 1.54) is 6.08 Å². The smallest absolute Gasteiger partial charge is 0.248 e. The van der Waals surface area contributed by atoms with E-state index < -0.39 is 0 Å². The van der Waals surface area contributed by atoms with Crippen LogP contribution in [0.25, 0.3) is 23.2 Å². The monoisotopic (exact) mass is 400 g/mol. The van der Waals surface area contributed by atoms with Crippen LogP contribution in [0.2, 0.25) is 0 Å². The van der Waals surface area contributed by atoms with Crippen molar-refractivity contribution < 1.29 is 18.7 Å². The molecule has 0 saturated heterocycles. The molecule has 0 atom stereocenters. The van der Waals surface area contributed by atoms with Gasteiger partial charge in [0.05, 0.1) is 18.1 Å². The summed E-state index contributed by atoms with van der Waals surface area (Å²) in [5.41, 5.74) is 3.05. The van der Waals surface area contributed by atoms with Crippen molar-refractivity contribution >= 4 is 17.7 Å². The fourth-order valence-corrected chi connectivity index (χ4v) is 3.08. The molecule has 0 radical (unpaired) electrons. The van der Waals surface area contributed by atoms with Crippen LogP contribution in [0.15, 0.2) is 77.6 Å². The summed E-state index contributed by atoms with van der Waals surface area (Å²) in [5.74, 6) is 1.82. The fourth-order valence-electron chi connectivity index (χ4n) is 3.08. The van der Waals surface area contributed by atoms with Crippen LogP contribution in [0.5, 0.6) is 11.5 Å². The van der Waals surface area contributed by atoms with Crippen LogP contribution >= 0.6 is 0 Å². The highest BCUT2D eigenvalue weighted by molar-refractivity contribution is 6.02. The first-order valence-electron chi connectivity index (χ1n) is 9.20. The molecule has 5 rings (SSSR count). The maximum absolute atomic E-state index is 12.2. The van der Waals surface area contributed by atoms with Gasteiger partial charge in [-0.05, 0) is 60.2 Å². The molecule has 30 heavy (non-hydrogen) atoms. The van der Waals surface area contributed by atoms with E-state index in [0.29, 0.717) is 22.9 Å². The Bertz CT molecular complexity index is 1210. The third kappa shape index (κ3) is 3.53. The number of ether oxygens (including phenoxy) is 2. The number of nitrogens with one attached hydrogen (secondary N) is 1. The number of aromatic nitrogens is 3. The Labute approximate surface area is 171 Å². The van der Waals surface area contributed by atoms with E-state index in [1.54, 1.807) is 35.4 Å². The standard InChI is InChI=1S/C22H16N4O4/c27-22(10-4-15-3-9-20-21(12-15)30-14-29-20)24-16-5-7-17(8-6-16)26-18(13-23-25-26)19-2-1-11-28-19/h1-13H,14H2,(H,24,27)/b10-4+. The second-order valence-electron chi connectivity index (χ2n) is 6.49. The minimum Gasteiger partial charge on any atom is -0.463 e. The van der Waals surface area contributed by atoms with Crippen molar-refractivity contribution in [2.75, 3.05) is 12.1 Å². The van der Waals surface area contributed by atoms with Crippen molar-refractivity contribution in [3.05, 3.63) is 78.7 Å². The zero-order valence-corrected chi connectivity index (χ0v) is 15.7. The van der Waals surface area contributed by atoms with E-state index in [0.717, 1.165) is 16.9 Å². The number of carbonyl (C=O) groups excluding carboxylic acids is 1. The fraction of sp³-hybridized carbons (Fsp3) is 0.0455. The number of rotatable bonds is 5. The second-order valence-corrected chi connectivity index (χ2v) is 6.49. The van der Waals surface area contributed by atoms with Crippen LogP contribution in [-0.4, -0.2) is 27.7 Å². The Balaban J connectivity index is 1.26. The number of benzene rings is 2. The van der Waals surface area contributed by atoms with Gasteiger partial charge in [-0.2, -0.15) is 0 Å². The minimum atomic E-state index is -0.238. The van der Waals surface area contributed by atoms with Crippen molar-refractivity contribution in [2.24, 2.45) is 0 Å². The van der Waals surface area contributed by atoms with E-state index in [2.05, 4.69) is 15.6 Å². The largest absolute Gasteiger partial charge is 0.463 e. The van der Waals surface area contributed by atoms with Crippen LogP contribution in [0, 0.1) is 0 Å². The molecule has 8 nitrogen and oxygen atoms in total. The molecule has 3 heterocycles. The Morgan fingerprint density at radius 2 is 1.93 bits per heavy atom. The molecule has 0 bridgehead atoms. The van der Waals surface area contributed by atoms with Crippen LogP contribution < -0.4 is 14.8 Å². The lowest BCUT2D eigenvalue weighted by Crippen LogP contribution is -2.08. The van der Waals surface area contributed by atoms with Crippen LogP contribution in [0.1, 0.15) is 5.56 Å². The van der Waals surface area contributed by atoms with Gasteiger partial charge in [-0.15, -0.1) is 5.10 Å². The van der Waals surface area contributed by atoms with Crippen molar-refractivity contribution in [1.82, 2.24) is 15.0 Å². The second kappa shape index (κ2) is 7.59. The Hall–Kier alpha value is -4.33. The van der Waals surface area contributed by atoms with Gasteiger partial charge in [0.2, 0.25) is 12.7 Å². The third-order valence-electron chi connectivity index (χ3n) is 4.53. The van der Waals surface area contributed by atoms with E-state index in [1.807, 2.05) is 42.5 Å². The molecule has 1 aliphatic heterocycles. The summed E-state index contributed by atoms with van der Waals surface area (Å²) in [4.78, 5) is 12.2. The van der Waals surface area contributed by atoms with Gasteiger partial charge in [0, 0.05) is 11.8 Å². The molecule has 2 aromatic heterocycles. The van der Waals surface area contributed by atoms with Gasteiger partial charge in [-0.1, -0.05) is 11.3 Å². The summed E-state index contributed by atoms with van der Waals surface area (Å²) >= 11 is 0.